The lowest BCUT2D eigenvalue weighted by atomic mass is 10.1. The van der Waals surface area contributed by atoms with Gasteiger partial charge in [0.05, 0.1) is 12.7 Å². The van der Waals surface area contributed by atoms with Crippen molar-refractivity contribution in [3.63, 3.8) is 0 Å². The van der Waals surface area contributed by atoms with Gasteiger partial charge in [0.15, 0.2) is 0 Å². The molecule has 1 aromatic rings. The maximum atomic E-state index is 12.4. The van der Waals surface area contributed by atoms with Crippen LogP contribution >= 0.6 is 15.9 Å². The average Bonchev–Trinajstić information content (AvgIpc) is 2.44. The Labute approximate surface area is 122 Å². The zero-order valence-electron chi connectivity index (χ0n) is 11.1. The van der Waals surface area contributed by atoms with E-state index in [-0.39, 0.29) is 12.0 Å². The maximum absolute atomic E-state index is 12.4. The fraction of sp³-hybridized carbons (Fsp3) is 0.500. The molecular weight excluding hydrogens is 308 g/mol. The van der Waals surface area contributed by atoms with Gasteiger partial charge in [-0.15, -0.1) is 0 Å². The lowest BCUT2D eigenvalue weighted by Gasteiger charge is -2.33. The van der Waals surface area contributed by atoms with Crippen LogP contribution in [-0.2, 0) is 4.74 Å². The molecule has 4 nitrogen and oxygen atoms in total. The van der Waals surface area contributed by atoms with E-state index in [4.69, 9.17) is 4.74 Å². The summed E-state index contributed by atoms with van der Waals surface area (Å²) in [6.45, 7) is 2.87. The molecule has 5 heteroatoms. The van der Waals surface area contributed by atoms with E-state index in [9.17, 15) is 4.79 Å². The Balaban J connectivity index is 1.99. The number of nitrogens with one attached hydrogen (secondary N) is 1. The lowest BCUT2D eigenvalue weighted by Crippen LogP contribution is -2.46. The Morgan fingerprint density at radius 2 is 2.42 bits per heavy atom. The molecule has 0 saturated carbocycles. The fourth-order valence-corrected chi connectivity index (χ4v) is 2.59. The molecule has 1 aliphatic rings. The van der Waals surface area contributed by atoms with Gasteiger partial charge in [-0.3, -0.25) is 4.79 Å². The standard InChI is InChI=1S/C14H19BrN2O2/c1-16-6-5-13-10-17(7-8-19-13)14(18)11-3-2-4-12(15)9-11/h2-4,9,13,16H,5-8,10H2,1H3. The number of benzene rings is 1. The molecule has 1 aliphatic heterocycles. The van der Waals surface area contributed by atoms with Crippen molar-refractivity contribution in [2.45, 2.75) is 12.5 Å². The molecule has 0 aliphatic carbocycles. The molecule has 19 heavy (non-hydrogen) atoms. The summed E-state index contributed by atoms with van der Waals surface area (Å²) in [6.07, 6.45) is 1.07. The number of halogens is 1. The van der Waals surface area contributed by atoms with Crippen molar-refractivity contribution in [3.8, 4) is 0 Å². The van der Waals surface area contributed by atoms with E-state index in [2.05, 4.69) is 21.2 Å². The predicted octanol–water partition coefficient (Wildman–Crippen LogP) is 1.90. The molecule has 2 rings (SSSR count). The van der Waals surface area contributed by atoms with Gasteiger partial charge in [-0.25, -0.2) is 0 Å². The molecular formula is C14H19BrN2O2. The highest BCUT2D eigenvalue weighted by Gasteiger charge is 2.24. The van der Waals surface area contributed by atoms with Crippen molar-refractivity contribution in [1.82, 2.24) is 10.2 Å². The van der Waals surface area contributed by atoms with E-state index in [1.807, 2.05) is 36.2 Å². The molecule has 0 bridgehead atoms. The van der Waals surface area contributed by atoms with Gasteiger partial charge in [0.2, 0.25) is 0 Å². The summed E-state index contributed by atoms with van der Waals surface area (Å²) in [6, 6.07) is 7.52. The van der Waals surface area contributed by atoms with Crippen LogP contribution in [0.5, 0.6) is 0 Å². The second kappa shape index (κ2) is 7.03. The summed E-state index contributed by atoms with van der Waals surface area (Å²) in [7, 11) is 1.92. The molecule has 1 fully saturated rings. The van der Waals surface area contributed by atoms with Crippen molar-refractivity contribution >= 4 is 21.8 Å². The van der Waals surface area contributed by atoms with Gasteiger partial charge < -0.3 is 15.0 Å². The Bertz CT molecular complexity index is 439. The second-order valence-electron chi connectivity index (χ2n) is 4.65. The minimum absolute atomic E-state index is 0.0825. The molecule has 1 aromatic carbocycles. The van der Waals surface area contributed by atoms with Gasteiger partial charge in [0.25, 0.3) is 5.91 Å². The van der Waals surface area contributed by atoms with Crippen LogP contribution in [0.3, 0.4) is 0 Å². The Morgan fingerprint density at radius 1 is 1.58 bits per heavy atom. The quantitative estimate of drug-likeness (QED) is 0.918. The molecule has 1 atom stereocenters. The molecule has 104 valence electrons. The summed E-state index contributed by atoms with van der Waals surface area (Å²) >= 11 is 3.40. The van der Waals surface area contributed by atoms with Crippen LogP contribution in [0.25, 0.3) is 0 Å². The van der Waals surface area contributed by atoms with Gasteiger partial charge in [-0.05, 0) is 38.2 Å². The Kier molecular flexibility index (Phi) is 5.36. The summed E-state index contributed by atoms with van der Waals surface area (Å²) in [4.78, 5) is 14.3. The van der Waals surface area contributed by atoms with Gasteiger partial charge in [0, 0.05) is 23.1 Å². The van der Waals surface area contributed by atoms with Crippen LogP contribution < -0.4 is 5.32 Å². The van der Waals surface area contributed by atoms with Crippen molar-refractivity contribution in [2.24, 2.45) is 0 Å². The van der Waals surface area contributed by atoms with Crippen molar-refractivity contribution in [1.29, 1.82) is 0 Å². The highest BCUT2D eigenvalue weighted by molar-refractivity contribution is 9.10. The van der Waals surface area contributed by atoms with E-state index >= 15 is 0 Å². The summed E-state index contributed by atoms with van der Waals surface area (Å²) in [5.74, 6) is 0.0825. The smallest absolute Gasteiger partial charge is 0.254 e. The first-order valence-corrected chi connectivity index (χ1v) is 7.31. The molecule has 0 radical (unpaired) electrons. The zero-order chi connectivity index (χ0) is 13.7. The van der Waals surface area contributed by atoms with Crippen molar-refractivity contribution in [2.75, 3.05) is 33.3 Å². The molecule has 1 saturated heterocycles. The summed E-state index contributed by atoms with van der Waals surface area (Å²) in [5.41, 5.74) is 0.726. The van der Waals surface area contributed by atoms with Crippen LogP contribution in [0.15, 0.2) is 28.7 Å². The minimum Gasteiger partial charge on any atom is -0.374 e. The zero-order valence-corrected chi connectivity index (χ0v) is 12.6. The third-order valence-electron chi connectivity index (χ3n) is 3.21. The van der Waals surface area contributed by atoms with Gasteiger partial charge in [-0.1, -0.05) is 22.0 Å². The number of morpholine rings is 1. The minimum atomic E-state index is 0.0825. The van der Waals surface area contributed by atoms with E-state index in [0.717, 1.165) is 23.0 Å². The lowest BCUT2D eigenvalue weighted by molar-refractivity contribution is -0.0243. The third-order valence-corrected chi connectivity index (χ3v) is 3.71. The van der Waals surface area contributed by atoms with Gasteiger partial charge in [-0.2, -0.15) is 0 Å². The number of ether oxygens (including phenoxy) is 1. The molecule has 1 N–H and O–H groups in total. The number of nitrogens with zero attached hydrogens (tertiary/aromatic N) is 1. The maximum Gasteiger partial charge on any atom is 0.254 e. The molecule has 0 spiro atoms. The monoisotopic (exact) mass is 326 g/mol. The Morgan fingerprint density at radius 3 is 3.16 bits per heavy atom. The SMILES string of the molecule is CNCCC1CN(C(=O)c2cccc(Br)c2)CCO1. The molecule has 1 amide bonds. The third kappa shape index (κ3) is 4.03. The van der Waals surface area contributed by atoms with Crippen LogP contribution in [-0.4, -0.2) is 50.2 Å². The van der Waals surface area contributed by atoms with E-state index < -0.39 is 0 Å². The van der Waals surface area contributed by atoms with Crippen LogP contribution in [0.2, 0.25) is 0 Å². The van der Waals surface area contributed by atoms with E-state index in [0.29, 0.717) is 19.7 Å². The topological polar surface area (TPSA) is 41.6 Å². The Hall–Kier alpha value is -0.910. The van der Waals surface area contributed by atoms with Crippen molar-refractivity contribution in [3.05, 3.63) is 34.3 Å². The first-order chi connectivity index (χ1) is 9.20. The summed E-state index contributed by atoms with van der Waals surface area (Å²) < 4.78 is 6.61. The molecule has 1 heterocycles. The predicted molar refractivity (Wildman–Crippen MR) is 78.3 cm³/mol. The second-order valence-corrected chi connectivity index (χ2v) is 5.56. The van der Waals surface area contributed by atoms with Gasteiger partial charge >= 0.3 is 0 Å². The molecule has 0 aromatic heterocycles. The largest absolute Gasteiger partial charge is 0.374 e. The normalized spacial score (nSPS) is 19.5. The fourth-order valence-electron chi connectivity index (χ4n) is 2.19. The highest BCUT2D eigenvalue weighted by atomic mass is 79.9. The highest BCUT2D eigenvalue weighted by Crippen LogP contribution is 2.16. The first kappa shape index (κ1) is 14.5. The van der Waals surface area contributed by atoms with Gasteiger partial charge in [0.1, 0.15) is 0 Å². The molecule has 1 unspecified atom stereocenters. The van der Waals surface area contributed by atoms with E-state index in [1.165, 1.54) is 0 Å². The number of hydrogen-bond acceptors (Lipinski definition) is 3. The first-order valence-electron chi connectivity index (χ1n) is 6.51. The number of hydrogen-bond donors (Lipinski definition) is 1. The van der Waals surface area contributed by atoms with Crippen LogP contribution in [0.4, 0.5) is 0 Å². The average molecular weight is 327 g/mol. The number of rotatable bonds is 4. The summed E-state index contributed by atoms with van der Waals surface area (Å²) in [5, 5.41) is 3.11. The number of carbonyl (C=O) groups is 1. The van der Waals surface area contributed by atoms with Crippen LogP contribution in [0, 0.1) is 0 Å². The van der Waals surface area contributed by atoms with Crippen LogP contribution in [0.1, 0.15) is 16.8 Å². The van der Waals surface area contributed by atoms with E-state index in [1.54, 1.807) is 0 Å². The number of carbonyl (C=O) groups excluding carboxylic acids is 1. The number of amides is 1. The van der Waals surface area contributed by atoms with Crippen molar-refractivity contribution < 1.29 is 9.53 Å².